The molecule has 94 valence electrons. The minimum absolute atomic E-state index is 0.632. The van der Waals surface area contributed by atoms with Gasteiger partial charge in [0.25, 0.3) is 0 Å². The monoisotopic (exact) mass is 231 g/mol. The third-order valence-electron chi connectivity index (χ3n) is 4.12. The first kappa shape index (κ1) is 12.6. The van der Waals surface area contributed by atoms with E-state index < -0.39 is 0 Å². The molecule has 1 nitrogen and oxygen atoms in total. The molecule has 1 aliphatic rings. The molecule has 0 saturated carbocycles. The largest absolute Gasteiger partial charge is 0.316 e. The van der Waals surface area contributed by atoms with Crippen molar-refractivity contribution in [2.75, 3.05) is 7.05 Å². The van der Waals surface area contributed by atoms with E-state index in [1.54, 1.807) is 11.1 Å². The fourth-order valence-electron chi connectivity index (χ4n) is 3.39. The smallest absolute Gasteiger partial charge is 0.0162 e. The molecule has 0 heterocycles. The Labute approximate surface area is 106 Å². The quantitative estimate of drug-likeness (QED) is 0.816. The Morgan fingerprint density at radius 1 is 1.24 bits per heavy atom. The summed E-state index contributed by atoms with van der Waals surface area (Å²) in [5, 5.41) is 3.55. The van der Waals surface area contributed by atoms with Crippen molar-refractivity contribution < 1.29 is 0 Å². The van der Waals surface area contributed by atoms with Gasteiger partial charge in [-0.3, -0.25) is 0 Å². The van der Waals surface area contributed by atoms with Crippen molar-refractivity contribution in [3.63, 3.8) is 0 Å². The standard InChI is InChI=1S/C16H25N/c1-11(2)9-12(3)16(17-4)15-10-13-7-5-6-8-14(13)15/h5-8,11-12,15-17H,9-10H2,1-4H3. The topological polar surface area (TPSA) is 12.0 Å². The minimum atomic E-state index is 0.632. The van der Waals surface area contributed by atoms with Crippen molar-refractivity contribution >= 4 is 0 Å². The lowest BCUT2D eigenvalue weighted by atomic mass is 9.69. The van der Waals surface area contributed by atoms with Gasteiger partial charge >= 0.3 is 0 Å². The molecule has 2 rings (SSSR count). The van der Waals surface area contributed by atoms with E-state index in [1.807, 2.05) is 0 Å². The van der Waals surface area contributed by atoms with Crippen LogP contribution < -0.4 is 5.32 Å². The van der Waals surface area contributed by atoms with Crippen LogP contribution >= 0.6 is 0 Å². The number of nitrogens with one attached hydrogen (secondary N) is 1. The number of hydrogen-bond donors (Lipinski definition) is 1. The Bertz CT molecular complexity index is 370. The molecule has 0 spiro atoms. The molecule has 1 aromatic carbocycles. The second-order valence-electron chi connectivity index (χ2n) is 5.93. The van der Waals surface area contributed by atoms with Gasteiger partial charge in [0, 0.05) is 12.0 Å². The summed E-state index contributed by atoms with van der Waals surface area (Å²) in [5.41, 5.74) is 3.12. The molecule has 0 saturated heterocycles. The van der Waals surface area contributed by atoms with E-state index in [4.69, 9.17) is 0 Å². The molecule has 1 heteroatoms. The second kappa shape index (κ2) is 5.22. The number of rotatable bonds is 5. The summed E-state index contributed by atoms with van der Waals surface area (Å²) in [6.45, 7) is 7.03. The van der Waals surface area contributed by atoms with Gasteiger partial charge in [-0.15, -0.1) is 0 Å². The zero-order valence-corrected chi connectivity index (χ0v) is 11.5. The van der Waals surface area contributed by atoms with Crippen molar-refractivity contribution in [1.29, 1.82) is 0 Å². The first-order chi connectivity index (χ1) is 8.13. The van der Waals surface area contributed by atoms with Crippen molar-refractivity contribution in [1.82, 2.24) is 5.32 Å². The molecular formula is C16H25N. The molecule has 3 atom stereocenters. The Kier molecular flexibility index (Phi) is 3.88. The van der Waals surface area contributed by atoms with Gasteiger partial charge in [0.15, 0.2) is 0 Å². The zero-order valence-electron chi connectivity index (χ0n) is 11.5. The average Bonchev–Trinajstić information content (AvgIpc) is 2.24. The lowest BCUT2D eigenvalue weighted by Gasteiger charge is -2.40. The van der Waals surface area contributed by atoms with Gasteiger partial charge in [-0.2, -0.15) is 0 Å². The third kappa shape index (κ3) is 2.55. The summed E-state index contributed by atoms with van der Waals surface area (Å²) >= 11 is 0. The second-order valence-corrected chi connectivity index (χ2v) is 5.93. The molecule has 17 heavy (non-hydrogen) atoms. The molecule has 0 aromatic heterocycles. The van der Waals surface area contributed by atoms with Gasteiger partial charge < -0.3 is 5.32 Å². The van der Waals surface area contributed by atoms with E-state index in [2.05, 4.69) is 57.4 Å². The van der Waals surface area contributed by atoms with E-state index in [-0.39, 0.29) is 0 Å². The Balaban J connectivity index is 2.06. The average molecular weight is 231 g/mol. The molecule has 0 radical (unpaired) electrons. The first-order valence-electron chi connectivity index (χ1n) is 6.88. The van der Waals surface area contributed by atoms with Crippen LogP contribution in [-0.4, -0.2) is 13.1 Å². The maximum atomic E-state index is 3.55. The summed E-state index contributed by atoms with van der Waals surface area (Å²) < 4.78 is 0. The fraction of sp³-hybridized carbons (Fsp3) is 0.625. The molecule has 1 aromatic rings. The lowest BCUT2D eigenvalue weighted by molar-refractivity contribution is 0.282. The van der Waals surface area contributed by atoms with Crippen LogP contribution in [0.15, 0.2) is 24.3 Å². The van der Waals surface area contributed by atoms with Crippen LogP contribution in [0, 0.1) is 11.8 Å². The van der Waals surface area contributed by atoms with Crippen LogP contribution in [-0.2, 0) is 6.42 Å². The highest BCUT2D eigenvalue weighted by Crippen LogP contribution is 2.40. The Hall–Kier alpha value is -0.820. The van der Waals surface area contributed by atoms with E-state index in [9.17, 15) is 0 Å². The van der Waals surface area contributed by atoms with Crippen LogP contribution in [0.2, 0.25) is 0 Å². The van der Waals surface area contributed by atoms with Crippen LogP contribution in [0.25, 0.3) is 0 Å². The number of benzene rings is 1. The molecule has 0 bridgehead atoms. The van der Waals surface area contributed by atoms with Gasteiger partial charge in [0.05, 0.1) is 0 Å². The van der Waals surface area contributed by atoms with Crippen molar-refractivity contribution in [2.24, 2.45) is 11.8 Å². The molecular weight excluding hydrogens is 206 g/mol. The van der Waals surface area contributed by atoms with Gasteiger partial charge in [-0.1, -0.05) is 45.0 Å². The minimum Gasteiger partial charge on any atom is -0.316 e. The number of likely N-dealkylation sites (N-methyl/N-ethyl adjacent to an activating group) is 1. The molecule has 1 aliphatic carbocycles. The maximum Gasteiger partial charge on any atom is 0.0162 e. The number of hydrogen-bond acceptors (Lipinski definition) is 1. The highest BCUT2D eigenvalue weighted by Gasteiger charge is 2.34. The van der Waals surface area contributed by atoms with Crippen LogP contribution in [0.1, 0.15) is 44.2 Å². The molecule has 1 N–H and O–H groups in total. The predicted octanol–water partition coefficient (Wildman–Crippen LogP) is 3.60. The van der Waals surface area contributed by atoms with E-state index in [0.29, 0.717) is 6.04 Å². The summed E-state index contributed by atoms with van der Waals surface area (Å²) in [6.07, 6.45) is 2.56. The molecule has 3 unspecified atom stereocenters. The van der Waals surface area contributed by atoms with Crippen LogP contribution in [0.5, 0.6) is 0 Å². The van der Waals surface area contributed by atoms with E-state index >= 15 is 0 Å². The predicted molar refractivity (Wildman–Crippen MR) is 74.4 cm³/mol. The van der Waals surface area contributed by atoms with Gasteiger partial charge in [0.2, 0.25) is 0 Å². The highest BCUT2D eigenvalue weighted by molar-refractivity contribution is 5.41. The van der Waals surface area contributed by atoms with Crippen LogP contribution in [0.3, 0.4) is 0 Å². The van der Waals surface area contributed by atoms with Gasteiger partial charge in [0.1, 0.15) is 0 Å². The Morgan fingerprint density at radius 3 is 2.53 bits per heavy atom. The molecule has 0 aliphatic heterocycles. The van der Waals surface area contributed by atoms with Crippen LogP contribution in [0.4, 0.5) is 0 Å². The van der Waals surface area contributed by atoms with Crippen molar-refractivity contribution in [2.45, 2.75) is 45.6 Å². The lowest BCUT2D eigenvalue weighted by Crippen LogP contribution is -2.43. The summed E-state index contributed by atoms with van der Waals surface area (Å²) in [6, 6.07) is 9.53. The van der Waals surface area contributed by atoms with Crippen molar-refractivity contribution in [3.8, 4) is 0 Å². The number of fused-ring (bicyclic) bond motifs is 1. The van der Waals surface area contributed by atoms with E-state index in [0.717, 1.165) is 17.8 Å². The van der Waals surface area contributed by atoms with Crippen molar-refractivity contribution in [3.05, 3.63) is 35.4 Å². The zero-order chi connectivity index (χ0) is 12.4. The molecule has 0 fully saturated rings. The summed E-state index contributed by atoms with van der Waals surface area (Å²) in [5.74, 6) is 2.26. The highest BCUT2D eigenvalue weighted by atomic mass is 14.9. The first-order valence-corrected chi connectivity index (χ1v) is 6.88. The summed E-state index contributed by atoms with van der Waals surface area (Å²) in [4.78, 5) is 0. The normalized spacial score (nSPS) is 21.8. The SMILES string of the molecule is CNC(C(C)CC(C)C)C1Cc2ccccc21. The van der Waals surface area contributed by atoms with Gasteiger partial charge in [-0.25, -0.2) is 0 Å². The molecule has 0 amide bonds. The fourth-order valence-corrected chi connectivity index (χ4v) is 3.39. The summed E-state index contributed by atoms with van der Waals surface area (Å²) in [7, 11) is 2.11. The third-order valence-corrected chi connectivity index (χ3v) is 4.12. The van der Waals surface area contributed by atoms with Gasteiger partial charge in [-0.05, 0) is 42.9 Å². The maximum absolute atomic E-state index is 3.55. The van der Waals surface area contributed by atoms with E-state index in [1.165, 1.54) is 12.8 Å². The Morgan fingerprint density at radius 2 is 1.94 bits per heavy atom.